The van der Waals surface area contributed by atoms with Gasteiger partial charge < -0.3 is 4.90 Å². The maximum absolute atomic E-state index is 2.22. The lowest BCUT2D eigenvalue weighted by Gasteiger charge is -2.20. The molecule has 0 bridgehead atoms. The van der Waals surface area contributed by atoms with E-state index in [1.54, 1.807) is 0 Å². The molecule has 0 spiro atoms. The van der Waals surface area contributed by atoms with Crippen molar-refractivity contribution in [2.24, 2.45) is 0 Å². The molecule has 0 radical (unpaired) electrons. The molecule has 2 rings (SSSR count). The van der Waals surface area contributed by atoms with Crippen molar-refractivity contribution in [3.63, 3.8) is 0 Å². The normalized spacial score (nSPS) is 10.3. The van der Waals surface area contributed by atoms with Crippen LogP contribution in [0.25, 0.3) is 0 Å². The van der Waals surface area contributed by atoms with Gasteiger partial charge in [0.15, 0.2) is 0 Å². The Morgan fingerprint density at radius 1 is 0.882 bits per heavy atom. The van der Waals surface area contributed by atoms with Crippen LogP contribution in [0.3, 0.4) is 0 Å². The Balaban J connectivity index is 2.36. The second-order valence-corrected chi connectivity index (χ2v) is 4.64. The van der Waals surface area contributed by atoms with Gasteiger partial charge in [0.2, 0.25) is 0 Å². The Morgan fingerprint density at radius 3 is 2.24 bits per heavy atom. The monoisotopic (exact) mass is 225 g/mol. The summed E-state index contributed by atoms with van der Waals surface area (Å²) in [6.45, 7) is 2.17. The first-order chi connectivity index (χ1) is 8.18. The molecule has 88 valence electrons. The minimum atomic E-state index is 0.996. The van der Waals surface area contributed by atoms with Crippen molar-refractivity contribution < 1.29 is 0 Å². The Bertz CT molecular complexity index is 486. The summed E-state index contributed by atoms with van der Waals surface area (Å²) in [6, 6.07) is 17.1. The highest BCUT2D eigenvalue weighted by molar-refractivity contribution is 5.59. The van der Waals surface area contributed by atoms with Gasteiger partial charge in [0.1, 0.15) is 0 Å². The van der Waals surface area contributed by atoms with Crippen LogP contribution in [0.15, 0.2) is 48.5 Å². The van der Waals surface area contributed by atoms with Crippen LogP contribution in [-0.4, -0.2) is 14.1 Å². The molecule has 2 aromatic carbocycles. The van der Waals surface area contributed by atoms with Gasteiger partial charge in [-0.15, -0.1) is 0 Å². The lowest BCUT2D eigenvalue weighted by atomic mass is 10.00. The van der Waals surface area contributed by atoms with Crippen LogP contribution in [-0.2, 0) is 6.42 Å². The highest BCUT2D eigenvalue weighted by Gasteiger charge is 2.07. The van der Waals surface area contributed by atoms with Gasteiger partial charge in [-0.2, -0.15) is 0 Å². The molecule has 0 aromatic heterocycles. The third kappa shape index (κ3) is 2.68. The van der Waals surface area contributed by atoms with Crippen LogP contribution >= 0.6 is 0 Å². The minimum Gasteiger partial charge on any atom is -0.377 e. The molecule has 0 aliphatic carbocycles. The average Bonchev–Trinajstić information content (AvgIpc) is 2.30. The maximum Gasteiger partial charge on any atom is 0.0426 e. The molecule has 0 saturated heterocycles. The molecule has 0 unspecified atom stereocenters. The summed E-state index contributed by atoms with van der Waals surface area (Å²) in [5.41, 5.74) is 5.43. The van der Waals surface area contributed by atoms with E-state index in [0.29, 0.717) is 0 Å². The molecule has 1 nitrogen and oxygen atoms in total. The molecular formula is C16H19N. The van der Waals surface area contributed by atoms with E-state index in [1.807, 2.05) is 0 Å². The van der Waals surface area contributed by atoms with Crippen molar-refractivity contribution in [3.8, 4) is 0 Å². The number of hydrogen-bond acceptors (Lipinski definition) is 1. The predicted octanol–water partition coefficient (Wildman–Crippen LogP) is 3.65. The number of hydrogen-bond donors (Lipinski definition) is 0. The van der Waals surface area contributed by atoms with E-state index < -0.39 is 0 Å². The SMILES string of the molecule is Cc1cccc(Cc2ccccc2)c1N(C)C. The van der Waals surface area contributed by atoms with Gasteiger partial charge in [0.05, 0.1) is 0 Å². The van der Waals surface area contributed by atoms with E-state index >= 15 is 0 Å². The van der Waals surface area contributed by atoms with Crippen LogP contribution in [0.5, 0.6) is 0 Å². The van der Waals surface area contributed by atoms with Gasteiger partial charge in [-0.1, -0.05) is 48.5 Å². The van der Waals surface area contributed by atoms with E-state index in [1.165, 1.54) is 22.4 Å². The number of benzene rings is 2. The van der Waals surface area contributed by atoms with E-state index in [4.69, 9.17) is 0 Å². The van der Waals surface area contributed by atoms with Crippen molar-refractivity contribution in [1.29, 1.82) is 0 Å². The third-order valence-corrected chi connectivity index (χ3v) is 3.01. The standard InChI is InChI=1S/C16H19N/c1-13-8-7-11-15(16(13)17(2)3)12-14-9-5-4-6-10-14/h4-11H,12H2,1-3H3. The molecule has 0 fully saturated rings. The molecule has 0 heterocycles. The Morgan fingerprint density at radius 2 is 1.59 bits per heavy atom. The predicted molar refractivity (Wildman–Crippen MR) is 74.8 cm³/mol. The summed E-state index contributed by atoms with van der Waals surface area (Å²) in [5, 5.41) is 0. The fraction of sp³-hybridized carbons (Fsp3) is 0.250. The first-order valence-corrected chi connectivity index (χ1v) is 5.98. The van der Waals surface area contributed by atoms with E-state index in [9.17, 15) is 0 Å². The summed E-state index contributed by atoms with van der Waals surface area (Å²) < 4.78 is 0. The largest absolute Gasteiger partial charge is 0.377 e. The maximum atomic E-state index is 2.22. The second-order valence-electron chi connectivity index (χ2n) is 4.64. The molecule has 0 aliphatic rings. The van der Waals surface area contributed by atoms with Gasteiger partial charge in [-0.25, -0.2) is 0 Å². The number of para-hydroxylation sites is 1. The molecule has 0 saturated carbocycles. The van der Waals surface area contributed by atoms with E-state index in [-0.39, 0.29) is 0 Å². The fourth-order valence-electron chi connectivity index (χ4n) is 2.32. The Hall–Kier alpha value is -1.76. The summed E-state index contributed by atoms with van der Waals surface area (Å²) in [4.78, 5) is 2.20. The molecule has 0 amide bonds. The highest BCUT2D eigenvalue weighted by atomic mass is 15.1. The van der Waals surface area contributed by atoms with Gasteiger partial charge in [-0.05, 0) is 30.0 Å². The number of aryl methyl sites for hydroxylation is 1. The van der Waals surface area contributed by atoms with E-state index in [0.717, 1.165) is 6.42 Å². The third-order valence-electron chi connectivity index (χ3n) is 3.01. The number of nitrogens with zero attached hydrogens (tertiary/aromatic N) is 1. The van der Waals surface area contributed by atoms with Crippen molar-refractivity contribution in [3.05, 3.63) is 65.2 Å². The van der Waals surface area contributed by atoms with Gasteiger partial charge in [0, 0.05) is 19.8 Å². The summed E-state index contributed by atoms with van der Waals surface area (Å²) in [7, 11) is 4.22. The minimum absolute atomic E-state index is 0.996. The molecule has 1 heteroatoms. The van der Waals surface area contributed by atoms with Crippen molar-refractivity contribution in [2.45, 2.75) is 13.3 Å². The van der Waals surface area contributed by atoms with Gasteiger partial charge >= 0.3 is 0 Å². The van der Waals surface area contributed by atoms with Crippen LogP contribution in [0.2, 0.25) is 0 Å². The lowest BCUT2D eigenvalue weighted by molar-refractivity contribution is 1.07. The van der Waals surface area contributed by atoms with Crippen LogP contribution in [0.1, 0.15) is 16.7 Å². The molecule has 0 aliphatic heterocycles. The summed E-state index contributed by atoms with van der Waals surface area (Å²) >= 11 is 0. The smallest absolute Gasteiger partial charge is 0.0426 e. The zero-order valence-corrected chi connectivity index (χ0v) is 10.8. The zero-order valence-electron chi connectivity index (χ0n) is 10.8. The van der Waals surface area contributed by atoms with Gasteiger partial charge in [-0.3, -0.25) is 0 Å². The Kier molecular flexibility index (Phi) is 3.48. The fourth-order valence-corrected chi connectivity index (χ4v) is 2.32. The Labute approximate surface area is 104 Å². The first-order valence-electron chi connectivity index (χ1n) is 5.98. The summed E-state index contributed by atoms with van der Waals surface area (Å²) in [6.07, 6.45) is 0.996. The van der Waals surface area contributed by atoms with Crippen molar-refractivity contribution in [2.75, 3.05) is 19.0 Å². The lowest BCUT2D eigenvalue weighted by Crippen LogP contribution is -2.13. The zero-order chi connectivity index (χ0) is 12.3. The molecule has 0 N–H and O–H groups in total. The molecule has 2 aromatic rings. The number of rotatable bonds is 3. The average molecular weight is 225 g/mol. The van der Waals surface area contributed by atoms with Crippen LogP contribution in [0, 0.1) is 6.92 Å². The van der Waals surface area contributed by atoms with Gasteiger partial charge in [0.25, 0.3) is 0 Å². The van der Waals surface area contributed by atoms with Crippen molar-refractivity contribution >= 4 is 5.69 Å². The van der Waals surface area contributed by atoms with E-state index in [2.05, 4.69) is 74.4 Å². The topological polar surface area (TPSA) is 3.24 Å². The molecular weight excluding hydrogens is 206 g/mol. The highest BCUT2D eigenvalue weighted by Crippen LogP contribution is 2.25. The number of anilines is 1. The molecule has 0 atom stereocenters. The molecule has 17 heavy (non-hydrogen) atoms. The summed E-state index contributed by atoms with van der Waals surface area (Å²) in [5.74, 6) is 0. The second kappa shape index (κ2) is 5.05. The van der Waals surface area contributed by atoms with Crippen LogP contribution in [0.4, 0.5) is 5.69 Å². The van der Waals surface area contributed by atoms with Crippen molar-refractivity contribution in [1.82, 2.24) is 0 Å². The quantitative estimate of drug-likeness (QED) is 0.770. The van der Waals surface area contributed by atoms with Crippen LogP contribution < -0.4 is 4.90 Å². The first kappa shape index (κ1) is 11.7.